The standard InChI is InChI=1S/C14H17N3OS/c15-7-5-11-3-1-2-4-13(11)14(18)16-8-6-12-9-19-10-17-12/h1-4,9-10H,5-8,15H2,(H,16,18). The van der Waals surface area contributed by atoms with Crippen molar-refractivity contribution in [2.75, 3.05) is 13.1 Å². The van der Waals surface area contributed by atoms with Crippen molar-refractivity contribution in [2.45, 2.75) is 12.8 Å². The molecule has 0 saturated carbocycles. The van der Waals surface area contributed by atoms with Crippen molar-refractivity contribution < 1.29 is 4.79 Å². The van der Waals surface area contributed by atoms with Gasteiger partial charge in [0.25, 0.3) is 5.91 Å². The first kappa shape index (κ1) is 13.7. The Hall–Kier alpha value is -1.72. The number of nitrogens with two attached hydrogens (primary N) is 1. The van der Waals surface area contributed by atoms with E-state index in [9.17, 15) is 4.79 Å². The van der Waals surface area contributed by atoms with Gasteiger partial charge in [-0.25, -0.2) is 4.98 Å². The quantitative estimate of drug-likeness (QED) is 0.841. The van der Waals surface area contributed by atoms with Crippen LogP contribution in [-0.4, -0.2) is 24.0 Å². The minimum absolute atomic E-state index is 0.0423. The summed E-state index contributed by atoms with van der Waals surface area (Å²) in [4.78, 5) is 16.3. The van der Waals surface area contributed by atoms with E-state index in [0.717, 1.165) is 24.1 Å². The molecule has 1 aromatic heterocycles. The van der Waals surface area contributed by atoms with Gasteiger partial charge in [0.2, 0.25) is 0 Å². The Bertz CT molecular complexity index is 525. The van der Waals surface area contributed by atoms with Crippen molar-refractivity contribution in [2.24, 2.45) is 5.73 Å². The minimum atomic E-state index is -0.0423. The maximum absolute atomic E-state index is 12.1. The lowest BCUT2D eigenvalue weighted by Crippen LogP contribution is -2.27. The molecule has 2 aromatic rings. The van der Waals surface area contributed by atoms with E-state index in [-0.39, 0.29) is 5.91 Å². The van der Waals surface area contributed by atoms with Crippen LogP contribution >= 0.6 is 11.3 Å². The summed E-state index contributed by atoms with van der Waals surface area (Å²) in [6.45, 7) is 1.14. The Morgan fingerprint density at radius 3 is 2.89 bits per heavy atom. The smallest absolute Gasteiger partial charge is 0.251 e. The molecule has 0 fully saturated rings. The number of rotatable bonds is 6. The topological polar surface area (TPSA) is 68.0 Å². The number of nitrogens with zero attached hydrogens (tertiary/aromatic N) is 1. The molecule has 0 bridgehead atoms. The predicted molar refractivity (Wildman–Crippen MR) is 77.4 cm³/mol. The molecular formula is C14H17N3OS. The fraction of sp³-hybridized carbons (Fsp3) is 0.286. The van der Waals surface area contributed by atoms with Crippen LogP contribution in [0.5, 0.6) is 0 Å². The molecule has 0 aliphatic carbocycles. The Morgan fingerprint density at radius 1 is 1.32 bits per heavy atom. The molecule has 0 atom stereocenters. The SMILES string of the molecule is NCCc1ccccc1C(=O)NCCc1cscn1. The van der Waals surface area contributed by atoms with Crippen molar-refractivity contribution in [3.8, 4) is 0 Å². The third kappa shape index (κ3) is 3.87. The van der Waals surface area contributed by atoms with E-state index in [1.165, 1.54) is 0 Å². The normalized spacial score (nSPS) is 10.4. The molecule has 0 saturated heterocycles. The van der Waals surface area contributed by atoms with Crippen LogP contribution in [0.2, 0.25) is 0 Å². The number of aromatic nitrogens is 1. The Morgan fingerprint density at radius 2 is 2.16 bits per heavy atom. The highest BCUT2D eigenvalue weighted by Crippen LogP contribution is 2.09. The lowest BCUT2D eigenvalue weighted by Gasteiger charge is -2.09. The second-order valence-electron chi connectivity index (χ2n) is 4.18. The second-order valence-corrected chi connectivity index (χ2v) is 4.90. The zero-order valence-electron chi connectivity index (χ0n) is 10.6. The van der Waals surface area contributed by atoms with E-state index in [2.05, 4.69) is 10.3 Å². The summed E-state index contributed by atoms with van der Waals surface area (Å²) in [7, 11) is 0. The molecule has 0 unspecified atom stereocenters. The van der Waals surface area contributed by atoms with Crippen molar-refractivity contribution in [1.29, 1.82) is 0 Å². The first-order valence-electron chi connectivity index (χ1n) is 6.24. The number of amides is 1. The molecule has 0 spiro atoms. The third-order valence-corrected chi connectivity index (χ3v) is 3.46. The van der Waals surface area contributed by atoms with Gasteiger partial charge in [-0.05, 0) is 24.6 Å². The third-order valence-electron chi connectivity index (χ3n) is 2.83. The van der Waals surface area contributed by atoms with Crippen molar-refractivity contribution in [3.05, 3.63) is 52.0 Å². The molecule has 4 nitrogen and oxygen atoms in total. The Kier molecular flexibility index (Phi) is 5.06. The second kappa shape index (κ2) is 7.01. The number of thiazole rings is 1. The largest absolute Gasteiger partial charge is 0.352 e. The Labute approximate surface area is 116 Å². The number of hydrogen-bond acceptors (Lipinski definition) is 4. The summed E-state index contributed by atoms with van der Waals surface area (Å²) in [6.07, 6.45) is 1.48. The molecule has 3 N–H and O–H groups in total. The lowest BCUT2D eigenvalue weighted by atomic mass is 10.0. The van der Waals surface area contributed by atoms with Gasteiger partial charge >= 0.3 is 0 Å². The van der Waals surface area contributed by atoms with Crippen LogP contribution in [0.1, 0.15) is 21.6 Å². The molecule has 5 heteroatoms. The van der Waals surface area contributed by atoms with E-state index < -0.39 is 0 Å². The fourth-order valence-corrected chi connectivity index (χ4v) is 2.47. The highest BCUT2D eigenvalue weighted by Gasteiger charge is 2.09. The molecule has 100 valence electrons. The van der Waals surface area contributed by atoms with Crippen LogP contribution in [0, 0.1) is 0 Å². The Balaban J connectivity index is 1.92. The maximum Gasteiger partial charge on any atom is 0.251 e. The van der Waals surface area contributed by atoms with E-state index in [4.69, 9.17) is 5.73 Å². The molecule has 19 heavy (non-hydrogen) atoms. The zero-order valence-corrected chi connectivity index (χ0v) is 11.5. The fourth-order valence-electron chi connectivity index (χ4n) is 1.88. The molecule has 0 aliphatic heterocycles. The highest BCUT2D eigenvalue weighted by atomic mass is 32.1. The van der Waals surface area contributed by atoms with Gasteiger partial charge in [-0.3, -0.25) is 4.79 Å². The van der Waals surface area contributed by atoms with Gasteiger partial charge in [0.1, 0.15) is 0 Å². The lowest BCUT2D eigenvalue weighted by molar-refractivity contribution is 0.0953. The van der Waals surface area contributed by atoms with Gasteiger partial charge in [0, 0.05) is 23.9 Å². The number of hydrogen-bond donors (Lipinski definition) is 2. The van der Waals surface area contributed by atoms with Crippen molar-refractivity contribution in [1.82, 2.24) is 10.3 Å². The summed E-state index contributed by atoms with van der Waals surface area (Å²) >= 11 is 1.57. The van der Waals surface area contributed by atoms with E-state index in [0.29, 0.717) is 18.7 Å². The monoisotopic (exact) mass is 275 g/mol. The number of nitrogens with one attached hydrogen (secondary N) is 1. The van der Waals surface area contributed by atoms with Gasteiger partial charge in [0.05, 0.1) is 11.2 Å². The van der Waals surface area contributed by atoms with Crippen LogP contribution in [-0.2, 0) is 12.8 Å². The van der Waals surface area contributed by atoms with Crippen LogP contribution in [0.15, 0.2) is 35.2 Å². The first-order valence-corrected chi connectivity index (χ1v) is 7.19. The average Bonchev–Trinajstić information content (AvgIpc) is 2.93. The van der Waals surface area contributed by atoms with Crippen LogP contribution in [0.4, 0.5) is 0 Å². The maximum atomic E-state index is 12.1. The summed E-state index contributed by atoms with van der Waals surface area (Å²) < 4.78 is 0. The summed E-state index contributed by atoms with van der Waals surface area (Å²) in [6, 6.07) is 7.58. The summed E-state index contributed by atoms with van der Waals surface area (Å²) in [5, 5.41) is 4.92. The van der Waals surface area contributed by atoms with Gasteiger partial charge in [-0.1, -0.05) is 18.2 Å². The summed E-state index contributed by atoms with van der Waals surface area (Å²) in [5.41, 5.74) is 10.1. The van der Waals surface area contributed by atoms with Crippen LogP contribution in [0.25, 0.3) is 0 Å². The number of benzene rings is 1. The van der Waals surface area contributed by atoms with Gasteiger partial charge in [-0.2, -0.15) is 0 Å². The van der Waals surface area contributed by atoms with Crippen molar-refractivity contribution in [3.63, 3.8) is 0 Å². The molecule has 1 amide bonds. The van der Waals surface area contributed by atoms with Crippen molar-refractivity contribution >= 4 is 17.2 Å². The number of carbonyl (C=O) groups excluding carboxylic acids is 1. The van der Waals surface area contributed by atoms with Crippen LogP contribution < -0.4 is 11.1 Å². The molecule has 1 aromatic carbocycles. The average molecular weight is 275 g/mol. The van der Waals surface area contributed by atoms with E-state index >= 15 is 0 Å². The molecule has 0 radical (unpaired) electrons. The first-order chi connectivity index (χ1) is 9.31. The minimum Gasteiger partial charge on any atom is -0.352 e. The van der Waals surface area contributed by atoms with Gasteiger partial charge in [0.15, 0.2) is 0 Å². The van der Waals surface area contributed by atoms with E-state index in [1.54, 1.807) is 16.8 Å². The predicted octanol–water partition coefficient (Wildman–Crippen LogP) is 1.62. The molecular weight excluding hydrogens is 258 g/mol. The highest BCUT2D eigenvalue weighted by molar-refractivity contribution is 7.07. The van der Waals surface area contributed by atoms with E-state index in [1.807, 2.05) is 29.6 Å². The molecule has 2 rings (SSSR count). The summed E-state index contributed by atoms with van der Waals surface area (Å²) in [5.74, 6) is -0.0423. The number of carbonyl (C=O) groups is 1. The molecule has 1 heterocycles. The van der Waals surface area contributed by atoms with Crippen LogP contribution in [0.3, 0.4) is 0 Å². The van der Waals surface area contributed by atoms with Gasteiger partial charge < -0.3 is 11.1 Å². The van der Waals surface area contributed by atoms with Gasteiger partial charge in [-0.15, -0.1) is 11.3 Å². The zero-order chi connectivity index (χ0) is 13.5. The molecule has 0 aliphatic rings.